The van der Waals surface area contributed by atoms with E-state index in [1.54, 1.807) is 27.0 Å². The molecule has 2 aromatic rings. The molecule has 19 heavy (non-hydrogen) atoms. The lowest BCUT2D eigenvalue weighted by atomic mass is 10.1. The van der Waals surface area contributed by atoms with Gasteiger partial charge in [-0.15, -0.1) is 11.3 Å². The van der Waals surface area contributed by atoms with Gasteiger partial charge in [-0.2, -0.15) is 0 Å². The highest BCUT2D eigenvalue weighted by molar-refractivity contribution is 7.20. The molecule has 0 spiro atoms. The molecule has 1 aromatic heterocycles. The molecule has 2 N–H and O–H groups in total. The van der Waals surface area contributed by atoms with Crippen molar-refractivity contribution in [3.8, 4) is 5.75 Å². The van der Waals surface area contributed by atoms with Crippen LogP contribution in [0.25, 0.3) is 10.2 Å². The van der Waals surface area contributed by atoms with Gasteiger partial charge in [0.2, 0.25) is 0 Å². The van der Waals surface area contributed by atoms with Crippen molar-refractivity contribution in [2.45, 2.75) is 19.4 Å². The highest BCUT2D eigenvalue weighted by Crippen LogP contribution is 2.26. The number of aromatic nitrogens is 1. The molecule has 0 unspecified atom stereocenters. The van der Waals surface area contributed by atoms with E-state index in [9.17, 15) is 4.79 Å². The van der Waals surface area contributed by atoms with Gasteiger partial charge in [-0.3, -0.25) is 4.79 Å². The van der Waals surface area contributed by atoms with Crippen LogP contribution in [-0.2, 0) is 0 Å². The number of fused-ring (bicyclic) bond motifs is 1. The van der Waals surface area contributed by atoms with Crippen molar-refractivity contribution in [1.82, 2.24) is 10.3 Å². The normalized spacial score (nSPS) is 11.6. The second-order valence-corrected chi connectivity index (χ2v) is 5.88. The second kappa shape index (κ2) is 5.14. The topological polar surface area (TPSA) is 71.5 Å². The summed E-state index contributed by atoms with van der Waals surface area (Å²) in [5, 5.41) is 12.3. The Morgan fingerprint density at radius 3 is 2.89 bits per heavy atom. The predicted octanol–water partition coefficient (Wildman–Crippen LogP) is 1.81. The number of aliphatic hydroxyl groups excluding tert-OH is 1. The van der Waals surface area contributed by atoms with Crippen molar-refractivity contribution in [3.05, 3.63) is 23.2 Å². The first-order valence-corrected chi connectivity index (χ1v) is 6.65. The van der Waals surface area contributed by atoms with Crippen LogP contribution < -0.4 is 10.1 Å². The van der Waals surface area contributed by atoms with Gasteiger partial charge in [-0.1, -0.05) is 0 Å². The van der Waals surface area contributed by atoms with E-state index in [1.165, 1.54) is 11.3 Å². The van der Waals surface area contributed by atoms with Crippen molar-refractivity contribution < 1.29 is 14.6 Å². The summed E-state index contributed by atoms with van der Waals surface area (Å²) >= 11 is 1.30. The summed E-state index contributed by atoms with van der Waals surface area (Å²) in [6, 6.07) is 5.47. The third kappa shape index (κ3) is 3.02. The van der Waals surface area contributed by atoms with E-state index >= 15 is 0 Å². The highest BCUT2D eigenvalue weighted by Gasteiger charge is 2.22. The highest BCUT2D eigenvalue weighted by atomic mass is 32.1. The molecule has 102 valence electrons. The number of hydrogen-bond acceptors (Lipinski definition) is 5. The number of aliphatic hydroxyl groups is 1. The van der Waals surface area contributed by atoms with Gasteiger partial charge in [0.25, 0.3) is 5.91 Å². The van der Waals surface area contributed by atoms with Crippen LogP contribution >= 0.6 is 11.3 Å². The molecule has 1 amide bonds. The fourth-order valence-electron chi connectivity index (χ4n) is 1.53. The number of hydrogen-bond donors (Lipinski definition) is 2. The Morgan fingerprint density at radius 2 is 2.26 bits per heavy atom. The number of amides is 1. The molecule has 0 saturated heterocycles. The number of nitrogens with one attached hydrogen (secondary N) is 1. The van der Waals surface area contributed by atoms with Crippen LogP contribution in [0.4, 0.5) is 0 Å². The first-order chi connectivity index (χ1) is 8.95. The largest absolute Gasteiger partial charge is 0.497 e. The number of rotatable bonds is 4. The van der Waals surface area contributed by atoms with Gasteiger partial charge in [-0.05, 0) is 32.0 Å². The van der Waals surface area contributed by atoms with Crippen molar-refractivity contribution in [3.63, 3.8) is 0 Å². The summed E-state index contributed by atoms with van der Waals surface area (Å²) in [5.74, 6) is 0.456. The molecule has 0 atom stereocenters. The van der Waals surface area contributed by atoms with E-state index in [-0.39, 0.29) is 12.5 Å². The molecular weight excluding hydrogens is 264 g/mol. The fourth-order valence-corrected chi connectivity index (χ4v) is 2.42. The van der Waals surface area contributed by atoms with Crippen LogP contribution in [0.3, 0.4) is 0 Å². The molecular formula is C13H16N2O3S. The van der Waals surface area contributed by atoms with E-state index in [4.69, 9.17) is 9.84 Å². The first-order valence-electron chi connectivity index (χ1n) is 5.83. The van der Waals surface area contributed by atoms with Crippen LogP contribution in [0.2, 0.25) is 0 Å². The number of carbonyl (C=O) groups excluding carboxylic acids is 1. The van der Waals surface area contributed by atoms with Crippen LogP contribution in [-0.4, -0.2) is 35.3 Å². The van der Waals surface area contributed by atoms with Gasteiger partial charge >= 0.3 is 0 Å². The molecule has 0 aliphatic heterocycles. The van der Waals surface area contributed by atoms with Gasteiger partial charge in [0.1, 0.15) is 5.75 Å². The molecule has 0 saturated carbocycles. The molecule has 1 aromatic carbocycles. The van der Waals surface area contributed by atoms with E-state index < -0.39 is 5.54 Å². The Balaban J connectivity index is 2.28. The number of ether oxygens (including phenoxy) is 1. The Hall–Kier alpha value is -1.66. The molecule has 6 heteroatoms. The van der Waals surface area contributed by atoms with Crippen molar-refractivity contribution >= 4 is 27.5 Å². The SMILES string of the molecule is COc1ccc2nc(C(=O)NC(C)(C)CO)sc2c1. The van der Waals surface area contributed by atoms with Crippen LogP contribution in [0.5, 0.6) is 5.75 Å². The van der Waals surface area contributed by atoms with Gasteiger partial charge < -0.3 is 15.2 Å². The molecule has 2 rings (SSSR count). The maximum Gasteiger partial charge on any atom is 0.280 e. The van der Waals surface area contributed by atoms with E-state index in [0.717, 1.165) is 16.0 Å². The molecule has 0 bridgehead atoms. The third-order valence-electron chi connectivity index (χ3n) is 2.64. The van der Waals surface area contributed by atoms with Gasteiger partial charge in [0.05, 0.1) is 29.5 Å². The van der Waals surface area contributed by atoms with Crippen molar-refractivity contribution in [1.29, 1.82) is 0 Å². The predicted molar refractivity (Wildman–Crippen MR) is 74.8 cm³/mol. The Kier molecular flexibility index (Phi) is 3.73. The first kappa shape index (κ1) is 13.8. The average molecular weight is 280 g/mol. The van der Waals surface area contributed by atoms with E-state index in [0.29, 0.717) is 5.01 Å². The second-order valence-electron chi connectivity index (χ2n) is 4.85. The summed E-state index contributed by atoms with van der Waals surface area (Å²) in [6.45, 7) is 3.37. The molecule has 0 radical (unpaired) electrons. The molecule has 0 aliphatic rings. The third-order valence-corrected chi connectivity index (χ3v) is 3.65. The minimum atomic E-state index is -0.660. The summed E-state index contributed by atoms with van der Waals surface area (Å²) in [5.41, 5.74) is 0.102. The Labute approximate surface area is 115 Å². The number of nitrogens with zero attached hydrogens (tertiary/aromatic N) is 1. The molecule has 5 nitrogen and oxygen atoms in total. The number of benzene rings is 1. The van der Waals surface area contributed by atoms with E-state index in [2.05, 4.69) is 10.3 Å². The lowest BCUT2D eigenvalue weighted by Crippen LogP contribution is -2.46. The van der Waals surface area contributed by atoms with Crippen molar-refractivity contribution in [2.24, 2.45) is 0 Å². The minimum absolute atomic E-state index is 0.128. The number of methoxy groups -OCH3 is 1. The van der Waals surface area contributed by atoms with E-state index in [1.807, 2.05) is 12.1 Å². The monoisotopic (exact) mass is 280 g/mol. The lowest BCUT2D eigenvalue weighted by molar-refractivity contribution is 0.0869. The van der Waals surface area contributed by atoms with Gasteiger partial charge in [0, 0.05) is 0 Å². The van der Waals surface area contributed by atoms with Gasteiger partial charge in [-0.25, -0.2) is 4.98 Å². The van der Waals surface area contributed by atoms with Crippen LogP contribution in [0.1, 0.15) is 23.6 Å². The minimum Gasteiger partial charge on any atom is -0.497 e. The molecule has 0 aliphatic carbocycles. The molecule has 1 heterocycles. The standard InChI is InChI=1S/C13H16N2O3S/c1-13(2,7-16)15-11(17)12-14-9-5-4-8(18-3)6-10(9)19-12/h4-6,16H,7H2,1-3H3,(H,15,17). The summed E-state index contributed by atoms with van der Waals surface area (Å²) in [7, 11) is 1.60. The fraction of sp³-hybridized carbons (Fsp3) is 0.385. The lowest BCUT2D eigenvalue weighted by Gasteiger charge is -2.22. The molecule has 0 fully saturated rings. The average Bonchev–Trinajstić information content (AvgIpc) is 2.81. The maximum absolute atomic E-state index is 12.0. The summed E-state index contributed by atoms with van der Waals surface area (Å²) < 4.78 is 6.03. The van der Waals surface area contributed by atoms with Crippen molar-refractivity contribution in [2.75, 3.05) is 13.7 Å². The smallest absolute Gasteiger partial charge is 0.280 e. The number of thiazole rings is 1. The van der Waals surface area contributed by atoms with Crippen LogP contribution in [0.15, 0.2) is 18.2 Å². The van der Waals surface area contributed by atoms with Crippen LogP contribution in [0, 0.1) is 0 Å². The quantitative estimate of drug-likeness (QED) is 0.896. The number of carbonyl (C=O) groups is 1. The summed E-state index contributed by atoms with van der Waals surface area (Å²) in [6.07, 6.45) is 0. The Morgan fingerprint density at radius 1 is 1.53 bits per heavy atom. The zero-order chi connectivity index (χ0) is 14.0. The zero-order valence-corrected chi connectivity index (χ0v) is 11.9. The van der Waals surface area contributed by atoms with Gasteiger partial charge in [0.15, 0.2) is 5.01 Å². The zero-order valence-electron chi connectivity index (χ0n) is 11.1. The maximum atomic E-state index is 12.0. The Bertz CT molecular complexity index is 607. The summed E-state index contributed by atoms with van der Waals surface area (Å²) in [4.78, 5) is 16.3.